The first-order chi connectivity index (χ1) is 7.70. The molecule has 2 heterocycles. The Balaban J connectivity index is 2.15. The Morgan fingerprint density at radius 3 is 2.81 bits per heavy atom. The predicted molar refractivity (Wildman–Crippen MR) is 64.5 cm³/mol. The van der Waals surface area contributed by atoms with Crippen LogP contribution in [-0.2, 0) is 0 Å². The third-order valence-electron chi connectivity index (χ3n) is 3.04. The molecule has 5 heteroatoms. The molecule has 1 aromatic rings. The smallest absolute Gasteiger partial charge is 0.151 e. The van der Waals surface area contributed by atoms with Gasteiger partial charge in [-0.25, -0.2) is 0 Å². The van der Waals surface area contributed by atoms with E-state index in [4.69, 9.17) is 5.73 Å². The van der Waals surface area contributed by atoms with Gasteiger partial charge in [-0.05, 0) is 26.1 Å². The summed E-state index contributed by atoms with van der Waals surface area (Å²) in [5.74, 6) is 0.939. The number of aromatic nitrogens is 2. The van der Waals surface area contributed by atoms with Crippen LogP contribution >= 0.6 is 0 Å². The summed E-state index contributed by atoms with van der Waals surface area (Å²) >= 11 is 0. The molecule has 1 atom stereocenters. The van der Waals surface area contributed by atoms with Crippen molar-refractivity contribution in [3.63, 3.8) is 0 Å². The third-order valence-corrected chi connectivity index (χ3v) is 3.04. The fourth-order valence-electron chi connectivity index (χ4n) is 2.06. The van der Waals surface area contributed by atoms with E-state index in [9.17, 15) is 0 Å². The van der Waals surface area contributed by atoms with E-state index in [1.165, 1.54) is 0 Å². The maximum absolute atomic E-state index is 5.81. The van der Waals surface area contributed by atoms with Gasteiger partial charge in [-0.2, -0.15) is 5.10 Å². The van der Waals surface area contributed by atoms with Crippen LogP contribution in [0.2, 0.25) is 0 Å². The summed E-state index contributed by atoms with van der Waals surface area (Å²) in [7, 11) is 2.13. The number of anilines is 1. The van der Waals surface area contributed by atoms with Crippen LogP contribution in [0.5, 0.6) is 0 Å². The largest absolute Gasteiger partial charge is 0.348 e. The van der Waals surface area contributed by atoms with Gasteiger partial charge in [0.1, 0.15) is 0 Å². The maximum atomic E-state index is 5.81. The number of likely N-dealkylation sites (N-methyl/N-ethyl adjacent to an activating group) is 1. The molecular weight excluding hydrogens is 202 g/mol. The lowest BCUT2D eigenvalue weighted by Gasteiger charge is -2.40. The minimum absolute atomic E-state index is 0.343. The van der Waals surface area contributed by atoms with E-state index in [0.29, 0.717) is 12.6 Å². The zero-order chi connectivity index (χ0) is 11.5. The van der Waals surface area contributed by atoms with Crippen molar-refractivity contribution in [1.82, 2.24) is 15.1 Å². The van der Waals surface area contributed by atoms with Gasteiger partial charge in [0.25, 0.3) is 0 Å². The van der Waals surface area contributed by atoms with Gasteiger partial charge in [-0.3, -0.25) is 0 Å². The second-order valence-electron chi connectivity index (χ2n) is 4.38. The standard InChI is InChI=1S/C11H19N5/c1-9-3-4-11(14-13-9)16-6-5-15(2)8-10(16)7-12/h3-4,10H,5-8,12H2,1-2H3. The molecule has 16 heavy (non-hydrogen) atoms. The van der Waals surface area contributed by atoms with Gasteiger partial charge >= 0.3 is 0 Å². The lowest BCUT2D eigenvalue weighted by molar-refractivity contribution is 0.268. The molecule has 2 N–H and O–H groups in total. The molecule has 1 fully saturated rings. The molecule has 0 spiro atoms. The first-order valence-corrected chi connectivity index (χ1v) is 5.66. The molecule has 5 nitrogen and oxygen atoms in total. The normalized spacial score (nSPS) is 22.4. The Morgan fingerprint density at radius 1 is 1.38 bits per heavy atom. The van der Waals surface area contributed by atoms with Gasteiger partial charge in [0.15, 0.2) is 5.82 Å². The summed E-state index contributed by atoms with van der Waals surface area (Å²) in [5, 5.41) is 8.32. The molecule has 0 aliphatic carbocycles. The van der Waals surface area contributed by atoms with Crippen LogP contribution in [-0.4, -0.2) is 54.4 Å². The van der Waals surface area contributed by atoms with Crippen LogP contribution in [0, 0.1) is 6.92 Å². The molecule has 1 saturated heterocycles. The highest BCUT2D eigenvalue weighted by Crippen LogP contribution is 2.16. The number of hydrogen-bond donors (Lipinski definition) is 1. The molecule has 2 rings (SSSR count). The maximum Gasteiger partial charge on any atom is 0.151 e. The zero-order valence-electron chi connectivity index (χ0n) is 9.93. The fourth-order valence-corrected chi connectivity index (χ4v) is 2.06. The van der Waals surface area contributed by atoms with E-state index in [0.717, 1.165) is 31.1 Å². The quantitative estimate of drug-likeness (QED) is 0.753. The number of nitrogens with two attached hydrogens (primary N) is 1. The molecule has 1 aromatic heterocycles. The van der Waals surface area contributed by atoms with Crippen LogP contribution in [0.25, 0.3) is 0 Å². The SMILES string of the molecule is Cc1ccc(N2CCN(C)CC2CN)nn1. The Labute approximate surface area is 96.2 Å². The molecular formula is C11H19N5. The summed E-state index contributed by atoms with van der Waals surface area (Å²) in [6.07, 6.45) is 0. The van der Waals surface area contributed by atoms with Crippen molar-refractivity contribution < 1.29 is 0 Å². The first kappa shape index (κ1) is 11.3. The van der Waals surface area contributed by atoms with Crippen LogP contribution in [0.4, 0.5) is 5.82 Å². The molecule has 1 unspecified atom stereocenters. The number of aryl methyl sites for hydroxylation is 1. The summed E-state index contributed by atoms with van der Waals surface area (Å²) < 4.78 is 0. The van der Waals surface area contributed by atoms with Crippen molar-refractivity contribution in [1.29, 1.82) is 0 Å². The summed E-state index contributed by atoms with van der Waals surface area (Å²) in [5.41, 5.74) is 6.75. The fraction of sp³-hybridized carbons (Fsp3) is 0.636. The Morgan fingerprint density at radius 2 is 2.19 bits per heavy atom. The van der Waals surface area contributed by atoms with E-state index in [1.807, 2.05) is 19.1 Å². The van der Waals surface area contributed by atoms with E-state index in [-0.39, 0.29) is 0 Å². The van der Waals surface area contributed by atoms with Crippen LogP contribution < -0.4 is 10.6 Å². The molecule has 88 valence electrons. The average Bonchev–Trinajstić information content (AvgIpc) is 2.30. The summed E-state index contributed by atoms with van der Waals surface area (Å²) in [6.45, 7) is 5.61. The lowest BCUT2D eigenvalue weighted by atomic mass is 10.1. The zero-order valence-corrected chi connectivity index (χ0v) is 9.93. The van der Waals surface area contributed by atoms with E-state index in [1.54, 1.807) is 0 Å². The minimum Gasteiger partial charge on any atom is -0.348 e. The number of nitrogens with zero attached hydrogens (tertiary/aromatic N) is 4. The van der Waals surface area contributed by atoms with Crippen molar-refractivity contribution in [2.45, 2.75) is 13.0 Å². The highest BCUT2D eigenvalue weighted by atomic mass is 15.3. The Hall–Kier alpha value is -1.20. The van der Waals surface area contributed by atoms with Gasteiger partial charge in [-0.1, -0.05) is 0 Å². The monoisotopic (exact) mass is 221 g/mol. The molecule has 0 radical (unpaired) electrons. The highest BCUT2D eigenvalue weighted by molar-refractivity contribution is 5.39. The van der Waals surface area contributed by atoms with Crippen molar-refractivity contribution in [3.8, 4) is 0 Å². The molecule has 1 aliphatic rings. The van der Waals surface area contributed by atoms with Gasteiger partial charge in [0.2, 0.25) is 0 Å². The van der Waals surface area contributed by atoms with Crippen LogP contribution in [0.1, 0.15) is 5.69 Å². The van der Waals surface area contributed by atoms with Crippen LogP contribution in [0.3, 0.4) is 0 Å². The van der Waals surface area contributed by atoms with Crippen molar-refractivity contribution in [3.05, 3.63) is 17.8 Å². The topological polar surface area (TPSA) is 58.3 Å². The molecule has 0 aromatic carbocycles. The second kappa shape index (κ2) is 4.76. The highest BCUT2D eigenvalue weighted by Gasteiger charge is 2.25. The van der Waals surface area contributed by atoms with E-state index < -0.39 is 0 Å². The van der Waals surface area contributed by atoms with Crippen molar-refractivity contribution >= 4 is 5.82 Å². The lowest BCUT2D eigenvalue weighted by Crippen LogP contribution is -2.55. The second-order valence-corrected chi connectivity index (χ2v) is 4.38. The molecule has 0 amide bonds. The molecule has 1 aliphatic heterocycles. The van der Waals surface area contributed by atoms with Crippen molar-refractivity contribution in [2.75, 3.05) is 38.1 Å². The number of hydrogen-bond acceptors (Lipinski definition) is 5. The van der Waals surface area contributed by atoms with Crippen molar-refractivity contribution in [2.24, 2.45) is 5.73 Å². The summed E-state index contributed by atoms with van der Waals surface area (Å²) in [4.78, 5) is 4.56. The predicted octanol–water partition coefficient (Wildman–Crippen LogP) is -0.136. The Bertz CT molecular complexity index is 337. The molecule has 0 saturated carbocycles. The van der Waals surface area contributed by atoms with Gasteiger partial charge in [0.05, 0.1) is 11.7 Å². The average molecular weight is 221 g/mol. The first-order valence-electron chi connectivity index (χ1n) is 5.66. The Kier molecular flexibility index (Phi) is 3.36. The third kappa shape index (κ3) is 2.31. The van der Waals surface area contributed by atoms with Gasteiger partial charge in [0, 0.05) is 26.2 Å². The molecule has 0 bridgehead atoms. The minimum atomic E-state index is 0.343. The van der Waals surface area contributed by atoms with E-state index in [2.05, 4.69) is 27.0 Å². The van der Waals surface area contributed by atoms with Crippen LogP contribution in [0.15, 0.2) is 12.1 Å². The summed E-state index contributed by atoms with van der Waals surface area (Å²) in [6, 6.07) is 4.36. The van der Waals surface area contributed by atoms with Gasteiger partial charge in [-0.15, -0.1) is 5.10 Å². The number of piperazine rings is 1. The van der Waals surface area contributed by atoms with Gasteiger partial charge < -0.3 is 15.5 Å². The number of rotatable bonds is 2. The van der Waals surface area contributed by atoms with E-state index >= 15 is 0 Å².